The van der Waals surface area contributed by atoms with Gasteiger partial charge in [0, 0.05) is 18.8 Å². The lowest BCUT2D eigenvalue weighted by Crippen LogP contribution is -2.44. The Morgan fingerprint density at radius 3 is 2.70 bits per heavy atom. The molecule has 2 amide bonds. The number of carbonyl (C=O) groups excluding carboxylic acids is 2. The topological polar surface area (TPSA) is 93.0 Å². The third-order valence-electron chi connectivity index (χ3n) is 4.54. The first kappa shape index (κ1) is 20.9. The number of hydrogen-bond donors (Lipinski definition) is 1. The monoisotopic (exact) mass is 390 g/mol. The highest BCUT2D eigenvalue weighted by atomic mass is 32.2. The van der Waals surface area contributed by atoms with Crippen LogP contribution in [-0.2, 0) is 16.6 Å². The minimum absolute atomic E-state index is 0.0127. The van der Waals surface area contributed by atoms with Gasteiger partial charge in [-0.1, -0.05) is 30.8 Å². The van der Waals surface area contributed by atoms with Crippen molar-refractivity contribution in [3.8, 4) is 0 Å². The minimum atomic E-state index is -0.206. The van der Waals surface area contributed by atoms with Crippen molar-refractivity contribution in [1.29, 1.82) is 0 Å². The molecule has 0 aliphatic rings. The van der Waals surface area contributed by atoms with E-state index in [1.165, 1.54) is 16.4 Å². The molecule has 2 aromatic rings. The molecular formula is C18H26N6O2S. The summed E-state index contributed by atoms with van der Waals surface area (Å²) in [7, 11) is 1.72. The molecule has 0 unspecified atom stereocenters. The molecule has 1 N–H and O–H groups in total. The quantitative estimate of drug-likeness (QED) is 0.695. The normalized spacial score (nSPS) is 11.9. The molecule has 2 rings (SSSR count). The molecule has 8 nitrogen and oxygen atoms in total. The first-order chi connectivity index (χ1) is 12.8. The van der Waals surface area contributed by atoms with Crippen LogP contribution in [0.1, 0.15) is 31.4 Å². The number of nitrogens with zero attached hydrogens (tertiary/aromatic N) is 5. The standard InChI is InChI=1S/C18H26N6O2S/c1-6-13(3)24(17(26)11-27-18-20-21-22-23(18)5)10-16(25)19-15-9-7-8-12(2)14(15)4/h7-9,13H,6,10-11H2,1-5H3,(H,19,25)/t13-/m1/s1. The second kappa shape index (κ2) is 9.50. The number of aryl methyl sites for hydroxylation is 2. The average molecular weight is 391 g/mol. The first-order valence-electron chi connectivity index (χ1n) is 8.84. The minimum Gasteiger partial charge on any atom is -0.330 e. The van der Waals surface area contributed by atoms with E-state index in [1.54, 1.807) is 11.9 Å². The Balaban J connectivity index is 2.02. The first-order valence-corrected chi connectivity index (χ1v) is 9.82. The molecule has 0 spiro atoms. The van der Waals surface area contributed by atoms with Gasteiger partial charge >= 0.3 is 0 Å². The summed E-state index contributed by atoms with van der Waals surface area (Å²) < 4.78 is 1.51. The number of tetrazole rings is 1. The van der Waals surface area contributed by atoms with E-state index in [0.29, 0.717) is 5.16 Å². The zero-order valence-electron chi connectivity index (χ0n) is 16.4. The number of anilines is 1. The number of amides is 2. The summed E-state index contributed by atoms with van der Waals surface area (Å²) in [5.74, 6) is -0.147. The molecule has 9 heteroatoms. The van der Waals surface area contributed by atoms with Crippen LogP contribution in [-0.4, -0.2) is 55.3 Å². The van der Waals surface area contributed by atoms with Gasteiger partial charge in [0.05, 0.1) is 5.75 Å². The highest BCUT2D eigenvalue weighted by Crippen LogP contribution is 2.19. The van der Waals surface area contributed by atoms with Gasteiger partial charge in [0.2, 0.25) is 17.0 Å². The number of nitrogens with one attached hydrogen (secondary N) is 1. The fourth-order valence-corrected chi connectivity index (χ4v) is 3.23. The second-order valence-electron chi connectivity index (χ2n) is 6.45. The molecule has 1 aromatic carbocycles. The summed E-state index contributed by atoms with van der Waals surface area (Å²) >= 11 is 1.26. The Kier molecular flexibility index (Phi) is 7.35. The van der Waals surface area contributed by atoms with Crippen LogP contribution in [0.25, 0.3) is 0 Å². The van der Waals surface area contributed by atoms with Crippen LogP contribution in [0.3, 0.4) is 0 Å². The van der Waals surface area contributed by atoms with Gasteiger partial charge in [-0.3, -0.25) is 9.59 Å². The molecule has 0 radical (unpaired) electrons. The zero-order chi connectivity index (χ0) is 20.0. The lowest BCUT2D eigenvalue weighted by Gasteiger charge is -2.28. The summed E-state index contributed by atoms with van der Waals surface area (Å²) in [5.41, 5.74) is 2.91. The summed E-state index contributed by atoms with van der Waals surface area (Å²) in [5, 5.41) is 14.6. The molecule has 0 aliphatic carbocycles. The van der Waals surface area contributed by atoms with E-state index in [4.69, 9.17) is 0 Å². The lowest BCUT2D eigenvalue weighted by molar-refractivity contribution is -0.134. The average Bonchev–Trinajstić information content (AvgIpc) is 3.05. The molecule has 27 heavy (non-hydrogen) atoms. The van der Waals surface area contributed by atoms with Crippen LogP contribution in [0.15, 0.2) is 23.4 Å². The molecule has 0 saturated carbocycles. The van der Waals surface area contributed by atoms with Gasteiger partial charge in [-0.25, -0.2) is 4.68 Å². The molecule has 0 aliphatic heterocycles. The van der Waals surface area contributed by atoms with Gasteiger partial charge in [-0.2, -0.15) is 0 Å². The van der Waals surface area contributed by atoms with Gasteiger partial charge < -0.3 is 10.2 Å². The van der Waals surface area contributed by atoms with Crippen molar-refractivity contribution in [2.45, 2.75) is 45.3 Å². The SMILES string of the molecule is CC[C@@H](C)N(CC(=O)Nc1cccc(C)c1C)C(=O)CSc1nnnn1C. The van der Waals surface area contributed by atoms with Crippen LogP contribution in [0.4, 0.5) is 5.69 Å². The fraction of sp³-hybridized carbons (Fsp3) is 0.500. The smallest absolute Gasteiger partial charge is 0.244 e. The van der Waals surface area contributed by atoms with Crippen LogP contribution in [0.5, 0.6) is 0 Å². The van der Waals surface area contributed by atoms with Crippen molar-refractivity contribution in [1.82, 2.24) is 25.1 Å². The van der Waals surface area contributed by atoms with Gasteiger partial charge in [-0.05, 0) is 54.8 Å². The van der Waals surface area contributed by atoms with Gasteiger partial charge in [0.25, 0.3) is 0 Å². The van der Waals surface area contributed by atoms with Crippen molar-refractivity contribution in [2.75, 3.05) is 17.6 Å². The van der Waals surface area contributed by atoms with Gasteiger partial charge in [0.1, 0.15) is 6.54 Å². The number of thioether (sulfide) groups is 1. The highest BCUT2D eigenvalue weighted by Gasteiger charge is 2.23. The Morgan fingerprint density at radius 1 is 1.33 bits per heavy atom. The molecule has 1 atom stereocenters. The van der Waals surface area contributed by atoms with E-state index in [9.17, 15) is 9.59 Å². The summed E-state index contributed by atoms with van der Waals surface area (Å²) in [4.78, 5) is 26.9. The number of hydrogen-bond acceptors (Lipinski definition) is 6. The number of rotatable bonds is 8. The number of benzene rings is 1. The summed E-state index contributed by atoms with van der Waals surface area (Å²) in [6.45, 7) is 7.91. The number of carbonyl (C=O) groups is 2. The van der Waals surface area contributed by atoms with Crippen molar-refractivity contribution in [2.24, 2.45) is 7.05 Å². The Bertz CT molecular complexity index is 807. The number of aromatic nitrogens is 4. The van der Waals surface area contributed by atoms with E-state index < -0.39 is 0 Å². The molecule has 146 valence electrons. The Morgan fingerprint density at radius 2 is 2.07 bits per heavy atom. The third kappa shape index (κ3) is 5.53. The molecule has 1 heterocycles. The summed E-state index contributed by atoms with van der Waals surface area (Å²) in [6, 6.07) is 5.73. The predicted octanol–water partition coefficient (Wildman–Crippen LogP) is 2.18. The molecule has 1 aromatic heterocycles. The van der Waals surface area contributed by atoms with Crippen molar-refractivity contribution >= 4 is 29.3 Å². The van der Waals surface area contributed by atoms with E-state index in [2.05, 4.69) is 20.8 Å². The molecule has 0 bridgehead atoms. The van der Waals surface area contributed by atoms with E-state index in [0.717, 1.165) is 23.2 Å². The van der Waals surface area contributed by atoms with E-state index >= 15 is 0 Å². The lowest BCUT2D eigenvalue weighted by atomic mass is 10.1. The van der Waals surface area contributed by atoms with Crippen molar-refractivity contribution in [3.05, 3.63) is 29.3 Å². The van der Waals surface area contributed by atoms with Crippen LogP contribution in [0.2, 0.25) is 0 Å². The molecule has 0 fully saturated rings. The van der Waals surface area contributed by atoms with Crippen LogP contribution in [0, 0.1) is 13.8 Å². The Hall–Kier alpha value is -2.42. The maximum Gasteiger partial charge on any atom is 0.244 e. The zero-order valence-corrected chi connectivity index (χ0v) is 17.2. The van der Waals surface area contributed by atoms with Gasteiger partial charge in [0.15, 0.2) is 0 Å². The maximum absolute atomic E-state index is 12.7. The largest absolute Gasteiger partial charge is 0.330 e. The van der Waals surface area contributed by atoms with E-state index in [-0.39, 0.29) is 30.2 Å². The van der Waals surface area contributed by atoms with Crippen LogP contribution < -0.4 is 5.32 Å². The Labute approximate surface area is 163 Å². The van der Waals surface area contributed by atoms with Crippen molar-refractivity contribution in [3.63, 3.8) is 0 Å². The van der Waals surface area contributed by atoms with E-state index in [1.807, 2.05) is 45.9 Å². The third-order valence-corrected chi connectivity index (χ3v) is 5.54. The second-order valence-corrected chi connectivity index (χ2v) is 7.39. The van der Waals surface area contributed by atoms with Crippen molar-refractivity contribution < 1.29 is 9.59 Å². The van der Waals surface area contributed by atoms with Gasteiger partial charge in [-0.15, -0.1) is 5.10 Å². The predicted molar refractivity (Wildman–Crippen MR) is 106 cm³/mol. The maximum atomic E-state index is 12.7. The summed E-state index contributed by atoms with van der Waals surface area (Å²) in [6.07, 6.45) is 0.763. The molecular weight excluding hydrogens is 364 g/mol. The fourth-order valence-electron chi connectivity index (χ4n) is 2.49. The molecule has 0 saturated heterocycles. The van der Waals surface area contributed by atoms with Crippen LogP contribution >= 0.6 is 11.8 Å². The highest BCUT2D eigenvalue weighted by molar-refractivity contribution is 7.99.